The third kappa shape index (κ3) is 7.50. The molecule has 1 saturated heterocycles. The molecule has 0 bridgehead atoms. The van der Waals surface area contributed by atoms with Gasteiger partial charge >= 0.3 is 12.1 Å². The summed E-state index contributed by atoms with van der Waals surface area (Å²) in [6.45, 7) is -3.80. The van der Waals surface area contributed by atoms with Crippen LogP contribution in [-0.2, 0) is 14.3 Å². The number of rotatable bonds is 1. The molecule has 0 saturated carbocycles. The minimum absolute atomic E-state index is 0.0464. The molecule has 11 heteroatoms. The summed E-state index contributed by atoms with van der Waals surface area (Å²) in [5.74, 6) is -3.30. The van der Waals surface area contributed by atoms with Gasteiger partial charge in [0.2, 0.25) is 17.8 Å². The van der Waals surface area contributed by atoms with Gasteiger partial charge in [-0.3, -0.25) is 25.3 Å². The summed E-state index contributed by atoms with van der Waals surface area (Å²) in [6, 6.07) is 0. The van der Waals surface area contributed by atoms with Crippen molar-refractivity contribution in [2.45, 2.75) is 38.5 Å². The first kappa shape index (κ1) is 15.7. The summed E-state index contributed by atoms with van der Waals surface area (Å²) in [4.78, 5) is 38.5. The second-order valence-corrected chi connectivity index (χ2v) is 5.26. The zero-order valence-corrected chi connectivity index (χ0v) is 13.7. The highest BCUT2D eigenvalue weighted by atomic mass is 16.5. The molecule has 0 aromatic carbocycles. The number of nitrogens with zero attached hydrogens (tertiary/aromatic N) is 3. The van der Waals surface area contributed by atoms with Gasteiger partial charge in [-0.1, -0.05) is 19.3 Å². The van der Waals surface area contributed by atoms with E-state index in [9.17, 15) is 14.4 Å². The van der Waals surface area contributed by atoms with Crippen molar-refractivity contribution in [3.05, 3.63) is 0 Å². The first-order valence-electron chi connectivity index (χ1n) is 9.21. The van der Waals surface area contributed by atoms with Crippen molar-refractivity contribution in [1.82, 2.24) is 15.3 Å². The van der Waals surface area contributed by atoms with Crippen LogP contribution < -0.4 is 11.1 Å². The largest absolute Gasteiger partial charge is 0.464 e. The number of guanidine groups is 2. The van der Waals surface area contributed by atoms with E-state index in [0.717, 1.165) is 19.3 Å². The number of hydrogen-bond acceptors (Lipinski definition) is 5. The highest BCUT2D eigenvalue weighted by molar-refractivity contribution is 6.02. The predicted molar refractivity (Wildman–Crippen MR) is 88.6 cm³/mol. The Labute approximate surface area is 149 Å². The second kappa shape index (κ2) is 10.1. The van der Waals surface area contributed by atoms with E-state index >= 15 is 0 Å². The van der Waals surface area contributed by atoms with E-state index in [1.165, 1.54) is 0 Å². The SMILES string of the molecule is [2H]C([2H])([2H])N(C(=N)N)N1CC(=O)OCCCCCCCC(=O)NC1=NC(=O)O. The molecule has 25 heavy (non-hydrogen) atoms. The number of aliphatic imine (C=N–C) groups is 1. The molecule has 140 valence electrons. The lowest BCUT2D eigenvalue weighted by Crippen LogP contribution is -2.57. The molecule has 0 unspecified atom stereocenters. The number of ether oxygens (including phenoxy) is 1. The fourth-order valence-corrected chi connectivity index (χ4v) is 2.07. The van der Waals surface area contributed by atoms with Crippen LogP contribution in [0.3, 0.4) is 0 Å². The van der Waals surface area contributed by atoms with Gasteiger partial charge in [-0.05, 0) is 12.8 Å². The van der Waals surface area contributed by atoms with Gasteiger partial charge in [-0.2, -0.15) is 0 Å². The minimum atomic E-state index is -3.07. The number of hydrazine groups is 1. The molecule has 0 radical (unpaired) electrons. The standard InChI is InChI=1S/C14H24N6O5/c1-19(12(15)16)20-9-11(22)25-8-6-4-2-3-5-7-10(21)17-13(20)18-14(23)24/h2-9H2,1H3,(H3,15,16)(H,23,24)(H,17,18,21)/i1D3. The summed E-state index contributed by atoms with van der Waals surface area (Å²) in [6.07, 6.45) is 1.79. The molecule has 0 aromatic rings. The van der Waals surface area contributed by atoms with E-state index in [0.29, 0.717) is 17.9 Å². The van der Waals surface area contributed by atoms with Gasteiger partial charge in [0.1, 0.15) is 6.54 Å². The number of carboxylic acid groups (broad SMARTS) is 1. The number of nitrogens with two attached hydrogens (primary N) is 1. The monoisotopic (exact) mass is 359 g/mol. The van der Waals surface area contributed by atoms with Crippen molar-refractivity contribution >= 4 is 29.9 Å². The van der Waals surface area contributed by atoms with Crippen molar-refractivity contribution in [3.8, 4) is 0 Å². The van der Waals surface area contributed by atoms with Crippen LogP contribution in [0.15, 0.2) is 4.99 Å². The molecule has 0 aromatic heterocycles. The maximum atomic E-state index is 12.1. The molecular formula is C14H24N6O5. The molecule has 1 aliphatic rings. The van der Waals surface area contributed by atoms with Gasteiger partial charge in [0.05, 0.1) is 6.61 Å². The molecule has 1 aliphatic heterocycles. The maximum Gasteiger partial charge on any atom is 0.434 e. The van der Waals surface area contributed by atoms with Crippen LogP contribution in [-0.4, -0.2) is 65.1 Å². The molecule has 0 atom stereocenters. The third-order valence-electron chi connectivity index (χ3n) is 3.26. The Morgan fingerprint density at radius 1 is 1.40 bits per heavy atom. The highest BCUT2D eigenvalue weighted by Crippen LogP contribution is 2.07. The molecule has 11 nitrogen and oxygen atoms in total. The van der Waals surface area contributed by atoms with Crippen molar-refractivity contribution < 1.29 is 28.3 Å². The fourth-order valence-electron chi connectivity index (χ4n) is 2.07. The lowest BCUT2D eigenvalue weighted by Gasteiger charge is -2.33. The Kier molecular flexibility index (Phi) is 6.33. The van der Waals surface area contributed by atoms with Crippen LogP contribution in [0, 0.1) is 5.41 Å². The lowest BCUT2D eigenvalue weighted by atomic mass is 10.1. The molecule has 2 amide bonds. The molecule has 0 spiro atoms. The van der Waals surface area contributed by atoms with Crippen molar-refractivity contribution in [2.24, 2.45) is 10.7 Å². The molecule has 1 rings (SSSR count). The van der Waals surface area contributed by atoms with E-state index in [1.54, 1.807) is 0 Å². The average molecular weight is 359 g/mol. The molecule has 5 N–H and O–H groups in total. The van der Waals surface area contributed by atoms with Gasteiger partial charge in [0.15, 0.2) is 0 Å². The highest BCUT2D eigenvalue weighted by Gasteiger charge is 2.24. The van der Waals surface area contributed by atoms with Crippen molar-refractivity contribution in [1.29, 1.82) is 5.41 Å². The van der Waals surface area contributed by atoms with Crippen LogP contribution in [0.1, 0.15) is 42.6 Å². The smallest absolute Gasteiger partial charge is 0.434 e. The number of hydrogen-bond donors (Lipinski definition) is 4. The zero-order valence-electron chi connectivity index (χ0n) is 16.7. The first-order valence-corrected chi connectivity index (χ1v) is 7.71. The van der Waals surface area contributed by atoms with Gasteiger partial charge in [-0.15, -0.1) is 4.99 Å². The van der Waals surface area contributed by atoms with Gasteiger partial charge in [0.25, 0.3) is 0 Å². The number of carbonyl (C=O) groups excluding carboxylic acids is 2. The number of esters is 1. The van der Waals surface area contributed by atoms with E-state index in [4.69, 9.17) is 25.1 Å². The van der Waals surface area contributed by atoms with E-state index in [2.05, 4.69) is 10.3 Å². The molecule has 1 heterocycles. The van der Waals surface area contributed by atoms with E-state index < -0.39 is 43.4 Å². The third-order valence-corrected chi connectivity index (χ3v) is 3.26. The Bertz CT molecular complexity index is 639. The summed E-state index contributed by atoms with van der Waals surface area (Å²) in [5, 5.41) is 19.4. The first-order chi connectivity index (χ1) is 13.0. The van der Waals surface area contributed by atoms with Gasteiger partial charge < -0.3 is 15.6 Å². The van der Waals surface area contributed by atoms with E-state index in [1.807, 2.05) is 0 Å². The molecule has 0 aliphatic carbocycles. The predicted octanol–water partition coefficient (Wildman–Crippen LogP) is 0.0763. The van der Waals surface area contributed by atoms with Gasteiger partial charge in [0, 0.05) is 17.5 Å². The van der Waals surface area contributed by atoms with Crippen molar-refractivity contribution in [3.63, 3.8) is 0 Å². The second-order valence-electron chi connectivity index (χ2n) is 5.26. The minimum Gasteiger partial charge on any atom is -0.464 e. The van der Waals surface area contributed by atoms with Crippen LogP contribution in [0.25, 0.3) is 0 Å². The number of amides is 2. The van der Waals surface area contributed by atoms with Gasteiger partial charge in [-0.25, -0.2) is 9.80 Å². The number of nitrogens with one attached hydrogen (secondary N) is 2. The molecule has 1 fully saturated rings. The average Bonchev–Trinajstić information content (AvgIpc) is 2.53. The summed E-state index contributed by atoms with van der Waals surface area (Å²) < 4.78 is 27.6. The number of cyclic esters (lactones) is 1. The Morgan fingerprint density at radius 2 is 2.08 bits per heavy atom. The molecular weight excluding hydrogens is 332 g/mol. The van der Waals surface area contributed by atoms with Crippen LogP contribution in [0.2, 0.25) is 0 Å². The Balaban J connectivity index is 3.33. The van der Waals surface area contributed by atoms with Crippen molar-refractivity contribution in [2.75, 3.05) is 20.1 Å². The number of carbonyl (C=O) groups is 3. The fraction of sp³-hybridized carbons (Fsp3) is 0.643. The quantitative estimate of drug-likeness (QED) is 0.290. The Morgan fingerprint density at radius 3 is 2.72 bits per heavy atom. The van der Waals surface area contributed by atoms with Crippen LogP contribution >= 0.6 is 0 Å². The van der Waals surface area contributed by atoms with E-state index in [-0.39, 0.29) is 18.0 Å². The summed E-state index contributed by atoms with van der Waals surface area (Å²) >= 11 is 0. The topological polar surface area (TPSA) is 161 Å². The van der Waals surface area contributed by atoms with Crippen LogP contribution in [0.4, 0.5) is 4.79 Å². The normalized spacial score (nSPS) is 21.8. The lowest BCUT2D eigenvalue weighted by molar-refractivity contribution is -0.146. The summed E-state index contributed by atoms with van der Waals surface area (Å²) in [7, 11) is 0. The van der Waals surface area contributed by atoms with Crippen LogP contribution in [0.5, 0.6) is 0 Å². The summed E-state index contributed by atoms with van der Waals surface area (Å²) in [5.41, 5.74) is 5.33. The maximum absolute atomic E-state index is 12.1. The Hall–Kier alpha value is -2.85. The zero-order chi connectivity index (χ0) is 21.3.